The van der Waals surface area contributed by atoms with Gasteiger partial charge in [0.05, 0.1) is 29.8 Å². The summed E-state index contributed by atoms with van der Waals surface area (Å²) in [6.45, 7) is 3.49. The van der Waals surface area contributed by atoms with Crippen LogP contribution in [0.15, 0.2) is 53.5 Å². The van der Waals surface area contributed by atoms with Gasteiger partial charge in [-0.05, 0) is 48.7 Å². The first-order valence-corrected chi connectivity index (χ1v) is 14.8. The van der Waals surface area contributed by atoms with Gasteiger partial charge in [0, 0.05) is 42.3 Å². The molecule has 0 amide bonds. The molecule has 212 valence electrons. The van der Waals surface area contributed by atoms with Crippen molar-refractivity contribution in [3.63, 3.8) is 0 Å². The van der Waals surface area contributed by atoms with Crippen LogP contribution in [-0.2, 0) is 15.8 Å². The molecule has 0 radical (unpaired) electrons. The quantitative estimate of drug-likeness (QED) is 0.360. The molecule has 1 saturated carbocycles. The Labute approximate surface area is 236 Å². The first-order valence-electron chi connectivity index (χ1n) is 12.8. The van der Waals surface area contributed by atoms with Crippen LogP contribution in [0.3, 0.4) is 0 Å². The summed E-state index contributed by atoms with van der Waals surface area (Å²) in [5.41, 5.74) is 6.60. The van der Waals surface area contributed by atoms with Crippen molar-refractivity contribution in [1.29, 1.82) is 0 Å². The van der Waals surface area contributed by atoms with E-state index in [-0.39, 0.29) is 41.3 Å². The third kappa shape index (κ3) is 5.93. The van der Waals surface area contributed by atoms with Crippen LogP contribution in [0.25, 0.3) is 5.69 Å². The molecule has 0 atom stereocenters. The van der Waals surface area contributed by atoms with Crippen molar-refractivity contribution < 1.29 is 23.1 Å². The maximum atomic E-state index is 13.6. The average Bonchev–Trinajstić information content (AvgIpc) is 3.65. The van der Waals surface area contributed by atoms with E-state index < -0.39 is 21.6 Å². The van der Waals surface area contributed by atoms with Crippen LogP contribution < -0.4 is 20.9 Å². The lowest BCUT2D eigenvalue weighted by Crippen LogP contribution is -2.49. The minimum absolute atomic E-state index is 0.0310. The Morgan fingerprint density at radius 1 is 1.15 bits per heavy atom. The van der Waals surface area contributed by atoms with E-state index >= 15 is 0 Å². The minimum Gasteiger partial charge on any atom is -0.486 e. The molecule has 2 fully saturated rings. The largest absolute Gasteiger partial charge is 0.486 e. The molecule has 5 rings (SSSR count). The van der Waals surface area contributed by atoms with Crippen LogP contribution in [0.1, 0.15) is 35.7 Å². The lowest BCUT2D eigenvalue weighted by Gasteiger charge is -2.35. The summed E-state index contributed by atoms with van der Waals surface area (Å²) in [6, 6.07) is 11.0. The second-order valence-corrected chi connectivity index (χ2v) is 12.9. The Bertz CT molecular complexity index is 1610. The number of carbonyl (C=O) groups is 1. The standard InChI is InChI=1S/C27H30ClN5O6S/c1-27(7-8-27)17-39-24-23(15-30-33(25(24)34)20-4-2-3-19(28)14-20)31-9-11-32(12-10-31)40(37,38)16-18-5-6-22(29)21(13-18)26(35)36/h2-6,13-15H,7-12,16-17,29H2,1H3,(H,35,36). The van der Waals surface area contributed by atoms with Crippen molar-refractivity contribution in [2.75, 3.05) is 43.4 Å². The summed E-state index contributed by atoms with van der Waals surface area (Å²) in [7, 11) is -3.74. The summed E-state index contributed by atoms with van der Waals surface area (Å²) in [5, 5.41) is 14.1. The predicted molar refractivity (Wildman–Crippen MR) is 152 cm³/mol. The number of carboxylic acids is 1. The van der Waals surface area contributed by atoms with E-state index in [0.29, 0.717) is 41.7 Å². The monoisotopic (exact) mass is 587 g/mol. The van der Waals surface area contributed by atoms with Crippen molar-refractivity contribution in [2.45, 2.75) is 25.5 Å². The fourth-order valence-corrected chi connectivity index (χ4v) is 6.26. The number of nitrogen functional groups attached to an aromatic ring is 1. The molecule has 0 unspecified atom stereocenters. The van der Waals surface area contributed by atoms with Gasteiger partial charge in [0.1, 0.15) is 5.69 Å². The van der Waals surface area contributed by atoms with E-state index in [1.807, 2.05) is 4.90 Å². The fourth-order valence-electron chi connectivity index (χ4n) is 4.57. The van der Waals surface area contributed by atoms with Crippen molar-refractivity contribution in [2.24, 2.45) is 5.41 Å². The molecule has 1 saturated heterocycles. The molecule has 40 heavy (non-hydrogen) atoms. The Kier molecular flexibility index (Phi) is 7.51. The van der Waals surface area contributed by atoms with Crippen LogP contribution in [-0.4, -0.2) is 66.4 Å². The van der Waals surface area contributed by atoms with Crippen LogP contribution >= 0.6 is 11.6 Å². The highest BCUT2D eigenvalue weighted by molar-refractivity contribution is 7.88. The fraction of sp³-hybridized carbons (Fsp3) is 0.370. The highest BCUT2D eigenvalue weighted by Crippen LogP contribution is 2.45. The molecule has 3 N–H and O–H groups in total. The van der Waals surface area contributed by atoms with Crippen LogP contribution in [0.5, 0.6) is 5.75 Å². The minimum atomic E-state index is -3.74. The normalized spacial score (nSPS) is 17.0. The van der Waals surface area contributed by atoms with Gasteiger partial charge in [-0.2, -0.15) is 14.1 Å². The van der Waals surface area contributed by atoms with E-state index in [2.05, 4.69) is 12.0 Å². The summed E-state index contributed by atoms with van der Waals surface area (Å²) < 4.78 is 35.1. The topological polar surface area (TPSA) is 148 Å². The zero-order valence-electron chi connectivity index (χ0n) is 21.9. The summed E-state index contributed by atoms with van der Waals surface area (Å²) in [4.78, 5) is 26.9. The highest BCUT2D eigenvalue weighted by Gasteiger charge is 2.39. The molecule has 2 heterocycles. The average molecular weight is 588 g/mol. The van der Waals surface area contributed by atoms with E-state index in [1.165, 1.54) is 27.2 Å². The number of piperazine rings is 1. The summed E-state index contributed by atoms with van der Waals surface area (Å²) >= 11 is 6.13. The molecular weight excluding hydrogens is 558 g/mol. The predicted octanol–water partition coefficient (Wildman–Crippen LogP) is 3.00. The molecule has 3 aromatic rings. The molecule has 11 nitrogen and oxygen atoms in total. The zero-order valence-corrected chi connectivity index (χ0v) is 23.5. The Hall–Kier alpha value is -3.61. The number of anilines is 2. The lowest BCUT2D eigenvalue weighted by atomic mass is 10.1. The van der Waals surface area contributed by atoms with Gasteiger partial charge in [-0.15, -0.1) is 0 Å². The molecule has 0 spiro atoms. The van der Waals surface area contributed by atoms with Gasteiger partial charge >= 0.3 is 11.5 Å². The number of halogens is 1. The van der Waals surface area contributed by atoms with E-state index in [4.69, 9.17) is 22.1 Å². The van der Waals surface area contributed by atoms with Gasteiger partial charge in [0.15, 0.2) is 0 Å². The van der Waals surface area contributed by atoms with Gasteiger partial charge in [-0.1, -0.05) is 30.7 Å². The molecule has 2 aliphatic rings. The van der Waals surface area contributed by atoms with E-state index in [9.17, 15) is 23.1 Å². The zero-order chi connectivity index (χ0) is 28.7. The Balaban J connectivity index is 1.35. The Morgan fingerprint density at radius 2 is 1.88 bits per heavy atom. The Morgan fingerprint density at radius 3 is 2.52 bits per heavy atom. The molecule has 1 aliphatic carbocycles. The van der Waals surface area contributed by atoms with Gasteiger partial charge in [0.25, 0.3) is 0 Å². The van der Waals surface area contributed by atoms with Crippen LogP contribution in [0.2, 0.25) is 5.02 Å². The first kappa shape index (κ1) is 27.9. The number of aromatic nitrogens is 2. The second-order valence-electron chi connectivity index (χ2n) is 10.5. The third-order valence-corrected chi connectivity index (χ3v) is 9.39. The van der Waals surface area contributed by atoms with Crippen LogP contribution in [0.4, 0.5) is 11.4 Å². The number of benzene rings is 2. The first-order chi connectivity index (χ1) is 19.0. The van der Waals surface area contributed by atoms with Gasteiger partial charge in [-0.25, -0.2) is 13.2 Å². The number of nitrogens with zero attached hydrogens (tertiary/aromatic N) is 4. The number of rotatable bonds is 9. The summed E-state index contributed by atoms with van der Waals surface area (Å²) in [6.07, 6.45) is 3.61. The van der Waals surface area contributed by atoms with Crippen molar-refractivity contribution in [3.8, 4) is 11.4 Å². The molecule has 0 bridgehead atoms. The van der Waals surface area contributed by atoms with Gasteiger partial charge < -0.3 is 20.5 Å². The third-order valence-electron chi connectivity index (χ3n) is 7.31. The van der Waals surface area contributed by atoms with Crippen molar-refractivity contribution in [1.82, 2.24) is 14.1 Å². The maximum absolute atomic E-state index is 13.6. The van der Waals surface area contributed by atoms with E-state index in [1.54, 1.807) is 30.5 Å². The number of carboxylic acid groups (broad SMARTS) is 1. The number of ether oxygens (including phenoxy) is 1. The summed E-state index contributed by atoms with van der Waals surface area (Å²) in [5.74, 6) is -1.40. The maximum Gasteiger partial charge on any atom is 0.337 e. The van der Waals surface area contributed by atoms with E-state index in [0.717, 1.165) is 12.8 Å². The molecular formula is C27H30ClN5O6S. The van der Waals surface area contributed by atoms with Crippen LogP contribution in [0, 0.1) is 5.41 Å². The van der Waals surface area contributed by atoms with Crippen molar-refractivity contribution in [3.05, 3.63) is 75.2 Å². The second kappa shape index (κ2) is 10.8. The molecule has 13 heteroatoms. The van der Waals surface area contributed by atoms with Crippen molar-refractivity contribution >= 4 is 39.0 Å². The highest BCUT2D eigenvalue weighted by atomic mass is 35.5. The molecule has 1 aliphatic heterocycles. The molecule has 2 aromatic carbocycles. The van der Waals surface area contributed by atoms with Gasteiger partial charge in [-0.3, -0.25) is 4.79 Å². The number of nitrogens with two attached hydrogens (primary N) is 1. The van der Waals surface area contributed by atoms with Gasteiger partial charge in [0.2, 0.25) is 15.8 Å². The number of aromatic carboxylic acids is 1. The SMILES string of the molecule is CC1(COc2c(N3CCN(S(=O)(=O)Cc4ccc(N)c(C(=O)O)c4)CC3)cnn(-c3cccc(Cl)c3)c2=O)CC1. The smallest absolute Gasteiger partial charge is 0.337 e. The number of hydrogen-bond donors (Lipinski definition) is 2. The number of hydrogen-bond acceptors (Lipinski definition) is 8. The number of sulfonamides is 1. The molecule has 1 aromatic heterocycles. The lowest BCUT2D eigenvalue weighted by molar-refractivity contribution is 0.0698.